The van der Waals surface area contributed by atoms with Gasteiger partial charge >= 0.3 is 0 Å². The van der Waals surface area contributed by atoms with Crippen molar-refractivity contribution in [2.24, 2.45) is 11.8 Å². The molecule has 0 aromatic carbocycles. The van der Waals surface area contributed by atoms with Crippen LogP contribution in [0.15, 0.2) is 11.1 Å². The molecule has 2 heteroatoms. The fraction of sp³-hybridized carbons (Fsp3) is 0.778. The number of allylic oxidation sites excluding steroid dienone is 1. The SMILES string of the molecule is CC(C)=C1C[C@@H](CO)[C@H]1CO. The topological polar surface area (TPSA) is 40.5 Å². The van der Waals surface area contributed by atoms with E-state index in [1.807, 2.05) is 0 Å². The normalized spacial score (nSPS) is 30.0. The van der Waals surface area contributed by atoms with E-state index in [9.17, 15) is 0 Å². The van der Waals surface area contributed by atoms with Crippen LogP contribution < -0.4 is 0 Å². The molecule has 0 amide bonds. The molecule has 1 rings (SSSR count). The van der Waals surface area contributed by atoms with Crippen LogP contribution in [0.5, 0.6) is 0 Å². The van der Waals surface area contributed by atoms with E-state index in [-0.39, 0.29) is 19.1 Å². The van der Waals surface area contributed by atoms with Gasteiger partial charge in [-0.1, -0.05) is 11.1 Å². The zero-order valence-electron chi connectivity index (χ0n) is 7.17. The third kappa shape index (κ3) is 1.47. The van der Waals surface area contributed by atoms with E-state index < -0.39 is 0 Å². The molecule has 2 N–H and O–H groups in total. The van der Waals surface area contributed by atoms with E-state index in [0.717, 1.165) is 6.42 Å². The Hall–Kier alpha value is -0.340. The molecule has 2 atom stereocenters. The van der Waals surface area contributed by atoms with Crippen LogP contribution in [0.3, 0.4) is 0 Å². The van der Waals surface area contributed by atoms with Crippen molar-refractivity contribution in [3.63, 3.8) is 0 Å². The summed E-state index contributed by atoms with van der Waals surface area (Å²) in [4.78, 5) is 0. The van der Waals surface area contributed by atoms with Gasteiger partial charge in [-0.05, 0) is 26.2 Å². The van der Waals surface area contributed by atoms with Crippen LogP contribution in [0.1, 0.15) is 20.3 Å². The molecule has 0 saturated heterocycles. The van der Waals surface area contributed by atoms with E-state index in [4.69, 9.17) is 10.2 Å². The van der Waals surface area contributed by atoms with Crippen LogP contribution in [0.25, 0.3) is 0 Å². The maximum Gasteiger partial charge on any atom is 0.0500 e. The summed E-state index contributed by atoms with van der Waals surface area (Å²) in [7, 11) is 0. The molecule has 0 aromatic heterocycles. The summed E-state index contributed by atoms with van der Waals surface area (Å²) in [6.45, 7) is 4.52. The number of rotatable bonds is 2. The molecule has 0 bridgehead atoms. The van der Waals surface area contributed by atoms with Gasteiger partial charge in [-0.15, -0.1) is 0 Å². The first-order valence-corrected chi connectivity index (χ1v) is 4.08. The standard InChI is InChI=1S/C9H16O2/c1-6(2)8-3-7(4-10)9(8)5-11/h7,9-11H,3-5H2,1-2H3/t7-,9+/m0/s1. The highest BCUT2D eigenvalue weighted by molar-refractivity contribution is 5.23. The predicted octanol–water partition coefficient (Wildman–Crippen LogP) is 0.944. The lowest BCUT2D eigenvalue weighted by Gasteiger charge is -2.38. The Morgan fingerprint density at radius 2 is 2.00 bits per heavy atom. The van der Waals surface area contributed by atoms with Gasteiger partial charge in [-0.3, -0.25) is 0 Å². The van der Waals surface area contributed by atoms with E-state index in [1.54, 1.807) is 0 Å². The highest BCUT2D eigenvalue weighted by Crippen LogP contribution is 2.40. The quantitative estimate of drug-likeness (QED) is 0.584. The molecule has 1 saturated carbocycles. The monoisotopic (exact) mass is 156 g/mol. The maximum atomic E-state index is 8.96. The average Bonchev–Trinajstić information content (AvgIpc) is 1.86. The van der Waals surface area contributed by atoms with Gasteiger partial charge in [0.05, 0.1) is 0 Å². The van der Waals surface area contributed by atoms with Gasteiger partial charge in [-0.2, -0.15) is 0 Å². The number of hydrogen-bond donors (Lipinski definition) is 2. The summed E-state index contributed by atoms with van der Waals surface area (Å²) in [6.07, 6.45) is 0.976. The molecule has 0 spiro atoms. The molecule has 0 heterocycles. The van der Waals surface area contributed by atoms with Crippen LogP contribution in [0.4, 0.5) is 0 Å². The highest BCUT2D eigenvalue weighted by atomic mass is 16.3. The molecular weight excluding hydrogens is 140 g/mol. The third-order valence-electron chi connectivity index (χ3n) is 2.57. The first-order valence-electron chi connectivity index (χ1n) is 4.08. The molecule has 2 nitrogen and oxygen atoms in total. The van der Waals surface area contributed by atoms with Crippen molar-refractivity contribution in [3.8, 4) is 0 Å². The Morgan fingerprint density at radius 3 is 2.36 bits per heavy atom. The first kappa shape index (κ1) is 8.75. The van der Waals surface area contributed by atoms with Crippen molar-refractivity contribution in [1.82, 2.24) is 0 Å². The van der Waals surface area contributed by atoms with Crippen molar-refractivity contribution in [2.45, 2.75) is 20.3 Å². The van der Waals surface area contributed by atoms with Crippen molar-refractivity contribution in [2.75, 3.05) is 13.2 Å². The molecule has 1 aliphatic carbocycles. The van der Waals surface area contributed by atoms with Crippen LogP contribution in [-0.4, -0.2) is 23.4 Å². The summed E-state index contributed by atoms with van der Waals surface area (Å²) in [5.74, 6) is 0.551. The van der Waals surface area contributed by atoms with Crippen LogP contribution in [-0.2, 0) is 0 Å². The first-order chi connectivity index (χ1) is 5.20. The van der Waals surface area contributed by atoms with E-state index in [2.05, 4.69) is 13.8 Å². The van der Waals surface area contributed by atoms with Gasteiger partial charge in [0.25, 0.3) is 0 Å². The molecule has 1 aliphatic rings. The molecule has 0 unspecified atom stereocenters. The van der Waals surface area contributed by atoms with Crippen LogP contribution in [0.2, 0.25) is 0 Å². The molecule has 0 radical (unpaired) electrons. The number of aliphatic hydroxyl groups excluding tert-OH is 2. The lowest BCUT2D eigenvalue weighted by molar-refractivity contribution is 0.0941. The Kier molecular flexibility index (Phi) is 2.68. The smallest absolute Gasteiger partial charge is 0.0500 e. The largest absolute Gasteiger partial charge is 0.396 e. The molecular formula is C9H16O2. The lowest BCUT2D eigenvalue weighted by atomic mass is 9.68. The average molecular weight is 156 g/mol. The van der Waals surface area contributed by atoms with Crippen molar-refractivity contribution < 1.29 is 10.2 Å². The van der Waals surface area contributed by atoms with Gasteiger partial charge in [0.15, 0.2) is 0 Å². The number of hydrogen-bond acceptors (Lipinski definition) is 2. The Labute approximate surface area is 67.6 Å². The maximum absolute atomic E-state index is 8.96. The van der Waals surface area contributed by atoms with Gasteiger partial charge in [0.1, 0.15) is 0 Å². The Balaban J connectivity index is 2.59. The van der Waals surface area contributed by atoms with Gasteiger partial charge in [0, 0.05) is 19.1 Å². The summed E-state index contributed by atoms with van der Waals surface area (Å²) >= 11 is 0. The van der Waals surface area contributed by atoms with Crippen molar-refractivity contribution in [3.05, 3.63) is 11.1 Å². The highest BCUT2D eigenvalue weighted by Gasteiger charge is 2.34. The van der Waals surface area contributed by atoms with Gasteiger partial charge in [0.2, 0.25) is 0 Å². The summed E-state index contributed by atoms with van der Waals surface area (Å²) in [6, 6.07) is 0. The van der Waals surface area contributed by atoms with Crippen LogP contribution >= 0.6 is 0 Å². The minimum Gasteiger partial charge on any atom is -0.396 e. The lowest BCUT2D eigenvalue weighted by Crippen LogP contribution is -2.35. The molecule has 0 aliphatic heterocycles. The van der Waals surface area contributed by atoms with E-state index in [0.29, 0.717) is 5.92 Å². The van der Waals surface area contributed by atoms with E-state index in [1.165, 1.54) is 11.1 Å². The molecule has 11 heavy (non-hydrogen) atoms. The van der Waals surface area contributed by atoms with Crippen LogP contribution in [0, 0.1) is 11.8 Å². The zero-order valence-corrected chi connectivity index (χ0v) is 7.17. The summed E-state index contributed by atoms with van der Waals surface area (Å²) < 4.78 is 0. The van der Waals surface area contributed by atoms with Gasteiger partial charge < -0.3 is 10.2 Å². The van der Waals surface area contributed by atoms with Gasteiger partial charge in [-0.25, -0.2) is 0 Å². The second kappa shape index (κ2) is 3.37. The minimum absolute atomic E-state index is 0.186. The van der Waals surface area contributed by atoms with E-state index >= 15 is 0 Å². The third-order valence-corrected chi connectivity index (χ3v) is 2.57. The summed E-state index contributed by atoms with van der Waals surface area (Å²) in [5, 5.41) is 17.8. The fourth-order valence-electron chi connectivity index (χ4n) is 1.73. The molecule has 0 aromatic rings. The molecule has 1 fully saturated rings. The fourth-order valence-corrected chi connectivity index (χ4v) is 1.73. The Bertz CT molecular complexity index is 168. The zero-order chi connectivity index (χ0) is 8.43. The number of aliphatic hydroxyl groups is 2. The molecule has 64 valence electrons. The van der Waals surface area contributed by atoms with Crippen molar-refractivity contribution >= 4 is 0 Å². The summed E-state index contributed by atoms with van der Waals surface area (Å²) in [5.41, 5.74) is 2.64. The predicted molar refractivity (Wildman–Crippen MR) is 44.1 cm³/mol. The minimum atomic E-state index is 0.186. The van der Waals surface area contributed by atoms with Crippen molar-refractivity contribution in [1.29, 1.82) is 0 Å². The Morgan fingerprint density at radius 1 is 1.36 bits per heavy atom. The second-order valence-electron chi connectivity index (χ2n) is 3.46. The second-order valence-corrected chi connectivity index (χ2v) is 3.46.